The molecule has 4 saturated heterocycles. The molecule has 0 aromatic heterocycles. The van der Waals surface area contributed by atoms with Gasteiger partial charge in [0, 0.05) is 28.3 Å². The molecule has 6 heterocycles. The molecule has 3 aromatic rings. The van der Waals surface area contributed by atoms with Crippen molar-refractivity contribution in [1.82, 2.24) is 4.90 Å². The van der Waals surface area contributed by atoms with Crippen LogP contribution in [-0.4, -0.2) is 70.3 Å². The van der Waals surface area contributed by atoms with E-state index in [9.17, 15) is 14.9 Å². The summed E-state index contributed by atoms with van der Waals surface area (Å²) in [4.78, 5) is 30.5. The molecule has 0 bridgehead atoms. The van der Waals surface area contributed by atoms with Crippen LogP contribution in [0.3, 0.4) is 0 Å². The molecule has 11 nitrogen and oxygen atoms in total. The van der Waals surface area contributed by atoms with Crippen LogP contribution >= 0.6 is 0 Å². The molecule has 6 aliphatic heterocycles. The van der Waals surface area contributed by atoms with Crippen LogP contribution < -0.4 is 10.1 Å². The van der Waals surface area contributed by atoms with E-state index in [1.54, 1.807) is 0 Å². The molecular formula is C35H35N3O8. The lowest BCUT2D eigenvalue weighted by Gasteiger charge is -2.46. The fourth-order valence-electron chi connectivity index (χ4n) is 9.45. The number of nitrogens with one attached hydrogen (secondary N) is 1. The number of rotatable bonds is 5. The van der Waals surface area contributed by atoms with E-state index in [-0.39, 0.29) is 17.4 Å². The Morgan fingerprint density at radius 1 is 1.00 bits per heavy atom. The summed E-state index contributed by atoms with van der Waals surface area (Å²) < 4.78 is 32.6. The number of fused-ring (bicyclic) bond motifs is 10. The molecule has 1 spiro atoms. The van der Waals surface area contributed by atoms with Crippen molar-refractivity contribution in [3.8, 4) is 5.75 Å². The van der Waals surface area contributed by atoms with E-state index in [1.807, 2.05) is 92.7 Å². The molecule has 1 amide bonds. The number of carbonyl (C=O) groups is 1. The first-order valence-corrected chi connectivity index (χ1v) is 16.0. The summed E-state index contributed by atoms with van der Waals surface area (Å²) in [6, 6.07) is 24.1. The minimum absolute atomic E-state index is 0.179. The summed E-state index contributed by atoms with van der Waals surface area (Å²) in [5.41, 5.74) is -0.0614. The SMILES string of the molecule is CC1(C)O[C@@H]2O[C@@H]([C@H]3Oc4ccccc4[C@H]4[C@]3([N+](=O)[O-])C3CCCN3[C@@]43C(=O)Nc4ccccc43)C(OCc3ccccc3)[C@@H]2O1. The van der Waals surface area contributed by atoms with Crippen molar-refractivity contribution in [2.24, 2.45) is 0 Å². The molecule has 1 N–H and O–H groups in total. The van der Waals surface area contributed by atoms with Crippen LogP contribution in [0.15, 0.2) is 78.9 Å². The number of nitro groups is 1. The van der Waals surface area contributed by atoms with Crippen LogP contribution in [0, 0.1) is 10.1 Å². The first-order valence-electron chi connectivity index (χ1n) is 16.0. The van der Waals surface area contributed by atoms with E-state index in [0.717, 1.165) is 11.1 Å². The minimum Gasteiger partial charge on any atom is -0.480 e. The summed E-state index contributed by atoms with van der Waals surface area (Å²) in [5.74, 6) is -1.56. The molecule has 6 aliphatic rings. The maximum absolute atomic E-state index is 14.5. The summed E-state index contributed by atoms with van der Waals surface area (Å²) in [6.45, 7) is 4.41. The first kappa shape index (κ1) is 28.4. The Hall–Kier alpha value is -3.87. The summed E-state index contributed by atoms with van der Waals surface area (Å²) in [6.07, 6.45) is -3.03. The predicted molar refractivity (Wildman–Crippen MR) is 164 cm³/mol. The van der Waals surface area contributed by atoms with Gasteiger partial charge in [-0.15, -0.1) is 0 Å². The average molecular weight is 626 g/mol. The van der Waals surface area contributed by atoms with Crippen LogP contribution in [0.2, 0.25) is 0 Å². The molecule has 4 fully saturated rings. The van der Waals surface area contributed by atoms with Crippen molar-refractivity contribution in [3.63, 3.8) is 0 Å². The van der Waals surface area contributed by atoms with Gasteiger partial charge >= 0.3 is 0 Å². The Morgan fingerprint density at radius 3 is 2.59 bits per heavy atom. The normalized spacial score (nSPS) is 38.0. The molecule has 9 rings (SSSR count). The van der Waals surface area contributed by atoms with Gasteiger partial charge in [-0.1, -0.05) is 66.7 Å². The van der Waals surface area contributed by atoms with Crippen molar-refractivity contribution in [2.45, 2.75) is 92.8 Å². The fourth-order valence-corrected chi connectivity index (χ4v) is 9.45. The Balaban J connectivity index is 1.24. The van der Waals surface area contributed by atoms with Crippen molar-refractivity contribution < 1.29 is 33.4 Å². The Bertz CT molecular complexity index is 1740. The summed E-state index contributed by atoms with van der Waals surface area (Å²) >= 11 is 0. The highest BCUT2D eigenvalue weighted by atomic mass is 16.8. The molecule has 0 aliphatic carbocycles. The standard InChI is InChI=1S/C35H35N3O8/c1-33(2)45-28-26(42-19-20-11-4-3-5-12-20)27(44-31(28)46-33)30-35(38(40)41)25-17-10-18-37(25)34(22-14-7-8-15-23(22)36-32(34)39)29(35)21-13-6-9-16-24(21)43-30/h3-9,11-16,25-31H,10,17-19H2,1-2H3,(H,36,39)/t25?,26?,27-,28+,29-,30-,31+,34-,35-/m1/s1. The van der Waals surface area contributed by atoms with E-state index in [1.165, 1.54) is 0 Å². The van der Waals surface area contributed by atoms with Gasteiger partial charge in [0.25, 0.3) is 11.4 Å². The number of benzene rings is 3. The number of ether oxygens (including phenoxy) is 5. The van der Waals surface area contributed by atoms with Gasteiger partial charge in [0.05, 0.1) is 18.6 Å². The number of nitrogens with zero attached hydrogens (tertiary/aromatic N) is 2. The first-order chi connectivity index (χ1) is 22.3. The fraction of sp³-hybridized carbons (Fsp3) is 0.457. The highest BCUT2D eigenvalue weighted by molar-refractivity contribution is 6.07. The van der Waals surface area contributed by atoms with Gasteiger partial charge in [-0.25, -0.2) is 0 Å². The molecule has 9 atom stereocenters. The van der Waals surface area contributed by atoms with Crippen molar-refractivity contribution in [1.29, 1.82) is 0 Å². The molecular weight excluding hydrogens is 590 g/mol. The van der Waals surface area contributed by atoms with Crippen LogP contribution in [0.1, 0.15) is 49.3 Å². The smallest absolute Gasteiger partial charge is 0.285 e. The zero-order valence-electron chi connectivity index (χ0n) is 25.5. The quantitative estimate of drug-likeness (QED) is 0.326. The predicted octanol–water partition coefficient (Wildman–Crippen LogP) is 4.33. The molecule has 46 heavy (non-hydrogen) atoms. The maximum atomic E-state index is 14.5. The van der Waals surface area contributed by atoms with Crippen LogP contribution in [0.5, 0.6) is 5.75 Å². The van der Waals surface area contributed by atoms with Crippen molar-refractivity contribution >= 4 is 11.6 Å². The maximum Gasteiger partial charge on any atom is 0.285 e. The van der Waals surface area contributed by atoms with Gasteiger partial charge in [0.1, 0.15) is 29.6 Å². The van der Waals surface area contributed by atoms with Crippen molar-refractivity contribution in [3.05, 3.63) is 106 Å². The highest BCUT2D eigenvalue weighted by Crippen LogP contribution is 2.68. The molecule has 238 valence electrons. The van der Waals surface area contributed by atoms with Crippen molar-refractivity contribution in [2.75, 3.05) is 11.9 Å². The summed E-state index contributed by atoms with van der Waals surface area (Å²) in [5, 5.41) is 17.2. The number of hydrogen-bond acceptors (Lipinski definition) is 9. The zero-order valence-corrected chi connectivity index (χ0v) is 25.5. The van der Waals surface area contributed by atoms with E-state index in [4.69, 9.17) is 23.7 Å². The zero-order chi connectivity index (χ0) is 31.4. The number of anilines is 1. The second-order valence-electron chi connectivity index (χ2n) is 13.6. The second kappa shape index (κ2) is 9.82. The van der Waals surface area contributed by atoms with Gasteiger partial charge in [0.15, 0.2) is 18.2 Å². The number of amides is 1. The highest BCUT2D eigenvalue weighted by Gasteiger charge is 2.85. The number of para-hydroxylation sites is 2. The molecule has 0 saturated carbocycles. The topological polar surface area (TPSA) is 122 Å². The summed E-state index contributed by atoms with van der Waals surface area (Å²) in [7, 11) is 0. The van der Waals surface area contributed by atoms with Crippen LogP contribution in [0.25, 0.3) is 0 Å². The molecule has 3 aromatic carbocycles. The third-order valence-corrected chi connectivity index (χ3v) is 10.9. The lowest BCUT2D eigenvalue weighted by Crippen LogP contribution is -2.68. The Kier molecular flexibility index (Phi) is 6.05. The molecule has 0 radical (unpaired) electrons. The lowest BCUT2D eigenvalue weighted by molar-refractivity contribution is -0.593. The van der Waals surface area contributed by atoms with E-state index in [0.29, 0.717) is 36.4 Å². The van der Waals surface area contributed by atoms with Gasteiger partial charge in [-0.2, -0.15) is 0 Å². The van der Waals surface area contributed by atoms with E-state index >= 15 is 0 Å². The van der Waals surface area contributed by atoms with Crippen LogP contribution in [0.4, 0.5) is 5.69 Å². The van der Waals surface area contributed by atoms with Gasteiger partial charge in [-0.05, 0) is 44.4 Å². The molecule has 11 heteroatoms. The number of hydrogen-bond donors (Lipinski definition) is 1. The minimum atomic E-state index is -1.77. The van der Waals surface area contributed by atoms with Gasteiger partial charge < -0.3 is 29.0 Å². The average Bonchev–Trinajstić information content (AvgIpc) is 3.83. The van der Waals surface area contributed by atoms with Gasteiger partial charge in [0.2, 0.25) is 0 Å². The second-order valence-corrected chi connectivity index (χ2v) is 13.6. The van der Waals surface area contributed by atoms with Crippen LogP contribution in [-0.2, 0) is 35.9 Å². The lowest BCUT2D eigenvalue weighted by atomic mass is 9.62. The largest absolute Gasteiger partial charge is 0.480 e. The Labute approximate surface area is 265 Å². The monoisotopic (exact) mass is 625 g/mol. The third kappa shape index (κ3) is 3.57. The van der Waals surface area contributed by atoms with E-state index < -0.39 is 59.5 Å². The van der Waals surface area contributed by atoms with Gasteiger partial charge in [-0.3, -0.25) is 19.8 Å². The number of carbonyl (C=O) groups excluding carboxylic acids is 1. The molecule has 2 unspecified atom stereocenters. The Morgan fingerprint density at radius 2 is 1.76 bits per heavy atom. The van der Waals surface area contributed by atoms with E-state index in [2.05, 4.69) is 10.2 Å². The third-order valence-electron chi connectivity index (χ3n) is 10.9.